The number of nitrogens with zero attached hydrogens (tertiary/aromatic N) is 2. The summed E-state index contributed by atoms with van der Waals surface area (Å²) in [6.45, 7) is 1.65. The van der Waals surface area contributed by atoms with E-state index in [1.807, 2.05) is 0 Å². The summed E-state index contributed by atoms with van der Waals surface area (Å²) >= 11 is 0. The lowest BCUT2D eigenvalue weighted by molar-refractivity contribution is 0.0694. The third-order valence-electron chi connectivity index (χ3n) is 2.76. The van der Waals surface area contributed by atoms with Crippen molar-refractivity contribution in [2.75, 3.05) is 0 Å². The van der Waals surface area contributed by atoms with Gasteiger partial charge in [0.15, 0.2) is 0 Å². The number of ether oxygens (including phenoxy) is 1. The lowest BCUT2D eigenvalue weighted by Gasteiger charge is -2.11. The Morgan fingerprint density at radius 2 is 2.19 bits per heavy atom. The van der Waals surface area contributed by atoms with E-state index >= 15 is 0 Å². The standard InChI is InChI=1S/C11H14N2O3/c1-7-9(10(14)15)6-12-11(13-7)16-8-4-2-3-5-8/h6,8H,2-5H2,1H3,(H,14,15). The molecule has 1 aromatic rings. The van der Waals surface area contributed by atoms with Gasteiger partial charge in [-0.25, -0.2) is 9.78 Å². The zero-order valence-electron chi connectivity index (χ0n) is 9.14. The second-order valence-electron chi connectivity index (χ2n) is 3.98. The minimum Gasteiger partial charge on any atom is -0.478 e. The third kappa shape index (κ3) is 2.29. The molecule has 1 N–H and O–H groups in total. The molecular weight excluding hydrogens is 208 g/mol. The summed E-state index contributed by atoms with van der Waals surface area (Å²) in [6.07, 6.45) is 5.91. The van der Waals surface area contributed by atoms with Crippen LogP contribution in [0.3, 0.4) is 0 Å². The molecule has 1 aromatic heterocycles. The van der Waals surface area contributed by atoms with E-state index in [9.17, 15) is 4.79 Å². The first kappa shape index (κ1) is 10.9. The molecule has 0 radical (unpaired) electrons. The van der Waals surface area contributed by atoms with Crippen molar-refractivity contribution in [1.29, 1.82) is 0 Å². The van der Waals surface area contributed by atoms with Gasteiger partial charge >= 0.3 is 12.0 Å². The SMILES string of the molecule is Cc1nc(OC2CCCC2)ncc1C(=O)O. The Morgan fingerprint density at radius 1 is 1.50 bits per heavy atom. The molecule has 1 heterocycles. The monoisotopic (exact) mass is 222 g/mol. The van der Waals surface area contributed by atoms with Crippen LogP contribution in [0.2, 0.25) is 0 Å². The van der Waals surface area contributed by atoms with Gasteiger partial charge in [-0.2, -0.15) is 4.98 Å². The Morgan fingerprint density at radius 3 is 2.75 bits per heavy atom. The second kappa shape index (κ2) is 4.47. The number of hydrogen-bond donors (Lipinski definition) is 1. The van der Waals surface area contributed by atoms with Crippen molar-refractivity contribution in [3.63, 3.8) is 0 Å². The lowest BCUT2D eigenvalue weighted by atomic mass is 10.2. The van der Waals surface area contributed by atoms with Crippen molar-refractivity contribution in [3.05, 3.63) is 17.5 Å². The van der Waals surface area contributed by atoms with E-state index in [1.54, 1.807) is 6.92 Å². The highest BCUT2D eigenvalue weighted by Crippen LogP contribution is 2.22. The molecule has 1 fully saturated rings. The van der Waals surface area contributed by atoms with E-state index in [1.165, 1.54) is 19.0 Å². The summed E-state index contributed by atoms with van der Waals surface area (Å²) in [4.78, 5) is 18.7. The topological polar surface area (TPSA) is 72.3 Å². The first-order chi connectivity index (χ1) is 7.66. The molecule has 86 valence electrons. The number of aromatic carboxylic acids is 1. The molecule has 0 saturated heterocycles. The molecule has 2 rings (SSSR count). The van der Waals surface area contributed by atoms with Crippen LogP contribution < -0.4 is 4.74 Å². The zero-order valence-corrected chi connectivity index (χ0v) is 9.14. The number of carboxylic acids is 1. The molecule has 0 unspecified atom stereocenters. The van der Waals surface area contributed by atoms with Gasteiger partial charge in [0.05, 0.1) is 11.3 Å². The predicted molar refractivity (Wildman–Crippen MR) is 56.6 cm³/mol. The summed E-state index contributed by atoms with van der Waals surface area (Å²) in [6, 6.07) is 0.286. The number of hydrogen-bond acceptors (Lipinski definition) is 4. The molecule has 5 heteroatoms. The van der Waals surface area contributed by atoms with Crippen molar-refractivity contribution in [3.8, 4) is 6.01 Å². The molecule has 1 aliphatic carbocycles. The molecule has 0 atom stereocenters. The van der Waals surface area contributed by atoms with Crippen LogP contribution in [0, 0.1) is 6.92 Å². The second-order valence-corrected chi connectivity index (χ2v) is 3.98. The average Bonchev–Trinajstić information content (AvgIpc) is 2.70. The molecule has 16 heavy (non-hydrogen) atoms. The van der Waals surface area contributed by atoms with Gasteiger partial charge in [0.2, 0.25) is 0 Å². The van der Waals surface area contributed by atoms with E-state index in [-0.39, 0.29) is 17.7 Å². The van der Waals surface area contributed by atoms with E-state index in [4.69, 9.17) is 9.84 Å². The molecule has 1 saturated carbocycles. The number of carboxylic acid groups (broad SMARTS) is 1. The predicted octanol–water partition coefficient (Wildman–Crippen LogP) is 1.80. The van der Waals surface area contributed by atoms with Gasteiger partial charge in [0, 0.05) is 6.20 Å². The Balaban J connectivity index is 2.11. The fraction of sp³-hybridized carbons (Fsp3) is 0.545. The summed E-state index contributed by atoms with van der Waals surface area (Å²) in [7, 11) is 0. The van der Waals surface area contributed by atoms with Gasteiger partial charge in [-0.15, -0.1) is 0 Å². The number of carbonyl (C=O) groups is 1. The normalized spacial score (nSPS) is 16.3. The van der Waals surface area contributed by atoms with Crippen molar-refractivity contribution < 1.29 is 14.6 Å². The maximum absolute atomic E-state index is 10.8. The van der Waals surface area contributed by atoms with Crippen LogP contribution in [0.25, 0.3) is 0 Å². The smallest absolute Gasteiger partial charge is 0.339 e. The van der Waals surface area contributed by atoms with Crippen LogP contribution in [-0.4, -0.2) is 27.1 Å². The van der Waals surface area contributed by atoms with Crippen molar-refractivity contribution in [1.82, 2.24) is 9.97 Å². The summed E-state index contributed by atoms with van der Waals surface area (Å²) in [5, 5.41) is 8.82. The first-order valence-corrected chi connectivity index (χ1v) is 5.40. The molecule has 1 aliphatic rings. The summed E-state index contributed by atoms with van der Waals surface area (Å²) in [5.74, 6) is -1.01. The highest BCUT2D eigenvalue weighted by atomic mass is 16.5. The van der Waals surface area contributed by atoms with Crippen molar-refractivity contribution in [2.24, 2.45) is 0 Å². The molecule has 5 nitrogen and oxygen atoms in total. The highest BCUT2D eigenvalue weighted by molar-refractivity contribution is 5.88. The van der Waals surface area contributed by atoms with E-state index in [0.29, 0.717) is 5.69 Å². The van der Waals surface area contributed by atoms with E-state index in [0.717, 1.165) is 12.8 Å². The van der Waals surface area contributed by atoms with Gasteiger partial charge < -0.3 is 9.84 Å². The Labute approximate surface area is 93.5 Å². The minimum absolute atomic E-state index is 0.124. The maximum atomic E-state index is 10.8. The van der Waals surface area contributed by atoms with E-state index in [2.05, 4.69) is 9.97 Å². The number of rotatable bonds is 3. The fourth-order valence-electron chi connectivity index (χ4n) is 1.87. The maximum Gasteiger partial charge on any atom is 0.339 e. The van der Waals surface area contributed by atoms with Gasteiger partial charge in [-0.05, 0) is 32.6 Å². The van der Waals surface area contributed by atoms with Gasteiger partial charge in [-0.3, -0.25) is 0 Å². The molecule has 0 aliphatic heterocycles. The minimum atomic E-state index is -1.01. The van der Waals surface area contributed by atoms with Gasteiger partial charge in [0.1, 0.15) is 6.10 Å². The van der Waals surface area contributed by atoms with E-state index < -0.39 is 5.97 Å². The van der Waals surface area contributed by atoms with Crippen molar-refractivity contribution >= 4 is 5.97 Å². The average molecular weight is 222 g/mol. The summed E-state index contributed by atoms with van der Waals surface area (Å²) in [5.41, 5.74) is 0.564. The summed E-state index contributed by atoms with van der Waals surface area (Å²) < 4.78 is 5.58. The van der Waals surface area contributed by atoms with Gasteiger partial charge in [-0.1, -0.05) is 0 Å². The van der Waals surface area contributed by atoms with Crippen molar-refractivity contribution in [2.45, 2.75) is 38.7 Å². The van der Waals surface area contributed by atoms with Gasteiger partial charge in [0.25, 0.3) is 0 Å². The first-order valence-electron chi connectivity index (χ1n) is 5.40. The van der Waals surface area contributed by atoms with Crippen LogP contribution in [0.1, 0.15) is 41.7 Å². The Hall–Kier alpha value is -1.65. The molecule has 0 amide bonds. The largest absolute Gasteiger partial charge is 0.478 e. The molecule has 0 aromatic carbocycles. The van der Waals surface area contributed by atoms with Crippen LogP contribution in [0.15, 0.2) is 6.20 Å². The highest BCUT2D eigenvalue weighted by Gasteiger charge is 2.18. The Kier molecular flexibility index (Phi) is 3.03. The lowest BCUT2D eigenvalue weighted by Crippen LogP contribution is -2.14. The number of aryl methyl sites for hydroxylation is 1. The third-order valence-corrected chi connectivity index (χ3v) is 2.76. The molecule has 0 spiro atoms. The van der Waals surface area contributed by atoms with Crippen LogP contribution in [0.4, 0.5) is 0 Å². The number of aromatic nitrogens is 2. The molecular formula is C11H14N2O3. The fourth-order valence-corrected chi connectivity index (χ4v) is 1.87. The van der Waals surface area contributed by atoms with Crippen LogP contribution in [0.5, 0.6) is 6.01 Å². The van der Waals surface area contributed by atoms with Crippen LogP contribution >= 0.6 is 0 Å². The zero-order chi connectivity index (χ0) is 11.5. The van der Waals surface area contributed by atoms with Crippen LogP contribution in [-0.2, 0) is 0 Å². The Bertz CT molecular complexity index is 400. The molecule has 0 bridgehead atoms. The quantitative estimate of drug-likeness (QED) is 0.844.